The fourth-order valence-corrected chi connectivity index (χ4v) is 2.22. The Kier molecular flexibility index (Phi) is 10.5. The van der Waals surface area contributed by atoms with E-state index in [2.05, 4.69) is 16.0 Å². The average molecular weight is 306 g/mol. The van der Waals surface area contributed by atoms with Gasteiger partial charge in [0.05, 0.1) is 0 Å². The number of hydrogen-bond donors (Lipinski definition) is 3. The first-order chi connectivity index (χ1) is 9.08. The maximum Gasteiger partial charge on any atom is 0.221 e. The van der Waals surface area contributed by atoms with Crippen LogP contribution in [0.4, 0.5) is 0 Å². The Balaban J connectivity index is 0.00000361. The van der Waals surface area contributed by atoms with Gasteiger partial charge in [-0.05, 0) is 37.8 Å². The van der Waals surface area contributed by atoms with Crippen molar-refractivity contribution in [3.05, 3.63) is 0 Å². The summed E-state index contributed by atoms with van der Waals surface area (Å²) in [5, 5.41) is 8.99. The second-order valence-electron chi connectivity index (χ2n) is 5.70. The molecule has 1 rings (SSSR count). The summed E-state index contributed by atoms with van der Waals surface area (Å²) in [4.78, 5) is 22.9. The number of halogens is 1. The lowest BCUT2D eigenvalue weighted by molar-refractivity contribution is -0.122. The van der Waals surface area contributed by atoms with E-state index in [1.807, 2.05) is 13.8 Å². The fraction of sp³-hybridized carbons (Fsp3) is 0.857. The van der Waals surface area contributed by atoms with Crippen LogP contribution in [0.2, 0.25) is 0 Å². The van der Waals surface area contributed by atoms with Crippen LogP contribution in [0.5, 0.6) is 0 Å². The third-order valence-electron chi connectivity index (χ3n) is 3.31. The Morgan fingerprint density at radius 3 is 2.50 bits per heavy atom. The largest absolute Gasteiger partial charge is 0.356 e. The Morgan fingerprint density at radius 1 is 1.20 bits per heavy atom. The number of carbonyl (C=O) groups excluding carboxylic acids is 2. The van der Waals surface area contributed by atoms with Gasteiger partial charge in [-0.3, -0.25) is 9.59 Å². The van der Waals surface area contributed by atoms with Crippen molar-refractivity contribution >= 4 is 24.2 Å². The van der Waals surface area contributed by atoms with E-state index < -0.39 is 0 Å². The second-order valence-corrected chi connectivity index (χ2v) is 5.70. The molecule has 0 aromatic heterocycles. The highest BCUT2D eigenvalue weighted by molar-refractivity contribution is 5.85. The summed E-state index contributed by atoms with van der Waals surface area (Å²) in [6.45, 7) is 7.35. The van der Waals surface area contributed by atoms with Gasteiger partial charge in [0, 0.05) is 25.9 Å². The molecule has 6 heteroatoms. The highest BCUT2D eigenvalue weighted by Crippen LogP contribution is 2.10. The third kappa shape index (κ3) is 9.15. The Hall–Kier alpha value is -0.810. The van der Waals surface area contributed by atoms with Gasteiger partial charge in [-0.15, -0.1) is 12.4 Å². The summed E-state index contributed by atoms with van der Waals surface area (Å²) in [6.07, 6.45) is 3.14. The number of amides is 2. The summed E-state index contributed by atoms with van der Waals surface area (Å²) in [7, 11) is 0. The molecule has 1 heterocycles. The molecule has 0 radical (unpaired) electrons. The zero-order valence-corrected chi connectivity index (χ0v) is 13.4. The molecule has 0 aromatic rings. The monoisotopic (exact) mass is 305 g/mol. The zero-order chi connectivity index (χ0) is 14.1. The van der Waals surface area contributed by atoms with Gasteiger partial charge in [0.25, 0.3) is 0 Å². The van der Waals surface area contributed by atoms with Crippen molar-refractivity contribution < 1.29 is 9.59 Å². The van der Waals surface area contributed by atoms with Crippen molar-refractivity contribution in [3.8, 4) is 0 Å². The van der Waals surface area contributed by atoms with E-state index >= 15 is 0 Å². The summed E-state index contributed by atoms with van der Waals surface area (Å²) in [5.41, 5.74) is 0. The van der Waals surface area contributed by atoms with E-state index in [0.29, 0.717) is 31.2 Å². The summed E-state index contributed by atoms with van der Waals surface area (Å²) < 4.78 is 0. The molecule has 1 saturated heterocycles. The number of nitrogens with one attached hydrogen (secondary N) is 3. The lowest BCUT2D eigenvalue weighted by atomic mass is 10.1. The van der Waals surface area contributed by atoms with Crippen LogP contribution in [-0.2, 0) is 9.59 Å². The van der Waals surface area contributed by atoms with Gasteiger partial charge in [-0.2, -0.15) is 0 Å². The Morgan fingerprint density at radius 2 is 1.90 bits per heavy atom. The molecule has 20 heavy (non-hydrogen) atoms. The van der Waals surface area contributed by atoms with Crippen LogP contribution in [-0.4, -0.2) is 38.0 Å². The smallest absolute Gasteiger partial charge is 0.221 e. The predicted octanol–water partition coefficient (Wildman–Crippen LogP) is 1.08. The quantitative estimate of drug-likeness (QED) is 0.628. The van der Waals surface area contributed by atoms with Crippen molar-refractivity contribution in [1.29, 1.82) is 0 Å². The zero-order valence-electron chi connectivity index (χ0n) is 12.5. The molecule has 3 N–H and O–H groups in total. The molecule has 0 spiro atoms. The molecule has 0 saturated carbocycles. The second kappa shape index (κ2) is 10.9. The molecule has 118 valence electrons. The van der Waals surface area contributed by atoms with Gasteiger partial charge in [0.1, 0.15) is 0 Å². The van der Waals surface area contributed by atoms with Crippen molar-refractivity contribution in [2.24, 2.45) is 11.8 Å². The molecule has 0 bridgehead atoms. The maximum atomic E-state index is 11.5. The lowest BCUT2D eigenvalue weighted by Crippen LogP contribution is -2.32. The van der Waals surface area contributed by atoms with Gasteiger partial charge in [-0.1, -0.05) is 13.8 Å². The Labute approximate surface area is 128 Å². The van der Waals surface area contributed by atoms with E-state index in [1.54, 1.807) is 0 Å². The molecule has 1 aliphatic heterocycles. The molecular weight excluding hydrogens is 278 g/mol. The van der Waals surface area contributed by atoms with Crippen LogP contribution >= 0.6 is 12.4 Å². The van der Waals surface area contributed by atoms with E-state index in [1.165, 1.54) is 6.42 Å². The van der Waals surface area contributed by atoms with Crippen LogP contribution in [0.15, 0.2) is 0 Å². The van der Waals surface area contributed by atoms with Crippen LogP contribution < -0.4 is 16.0 Å². The molecular formula is C14H28ClN3O2. The first-order valence-electron chi connectivity index (χ1n) is 7.32. The van der Waals surface area contributed by atoms with Gasteiger partial charge >= 0.3 is 0 Å². The normalized spacial score (nSPS) is 17.6. The molecule has 1 unspecified atom stereocenters. The molecule has 1 aliphatic rings. The molecule has 1 fully saturated rings. The van der Waals surface area contributed by atoms with E-state index in [0.717, 1.165) is 26.1 Å². The SMILES string of the molecule is CC(C)CC(=O)NCCC(=O)NCCC1CCNC1.Cl. The number of carbonyl (C=O) groups is 2. The van der Waals surface area contributed by atoms with Crippen molar-refractivity contribution in [2.45, 2.75) is 39.5 Å². The van der Waals surface area contributed by atoms with Crippen LogP contribution in [0, 0.1) is 11.8 Å². The van der Waals surface area contributed by atoms with Crippen LogP contribution in [0.1, 0.15) is 39.5 Å². The standard InChI is InChI=1S/C14H27N3O2.ClH/c1-11(2)9-14(19)17-8-5-13(18)16-7-4-12-3-6-15-10-12;/h11-12,15H,3-10H2,1-2H3,(H,16,18)(H,17,19);1H. The molecule has 1 atom stereocenters. The molecule has 0 aliphatic carbocycles. The van der Waals surface area contributed by atoms with Crippen LogP contribution in [0.3, 0.4) is 0 Å². The van der Waals surface area contributed by atoms with E-state index in [4.69, 9.17) is 0 Å². The summed E-state index contributed by atoms with van der Waals surface area (Å²) >= 11 is 0. The highest BCUT2D eigenvalue weighted by Gasteiger charge is 2.14. The minimum absolute atomic E-state index is 0. The van der Waals surface area contributed by atoms with Gasteiger partial charge < -0.3 is 16.0 Å². The third-order valence-corrected chi connectivity index (χ3v) is 3.31. The van der Waals surface area contributed by atoms with Crippen molar-refractivity contribution in [3.63, 3.8) is 0 Å². The van der Waals surface area contributed by atoms with Crippen molar-refractivity contribution in [1.82, 2.24) is 16.0 Å². The summed E-state index contributed by atoms with van der Waals surface area (Å²) in [6, 6.07) is 0. The maximum absolute atomic E-state index is 11.5. The van der Waals surface area contributed by atoms with E-state index in [-0.39, 0.29) is 24.2 Å². The van der Waals surface area contributed by atoms with Gasteiger partial charge in [0.2, 0.25) is 11.8 Å². The molecule has 2 amide bonds. The van der Waals surface area contributed by atoms with Gasteiger partial charge in [0.15, 0.2) is 0 Å². The number of hydrogen-bond acceptors (Lipinski definition) is 3. The minimum atomic E-state index is 0. The minimum Gasteiger partial charge on any atom is -0.356 e. The fourth-order valence-electron chi connectivity index (χ4n) is 2.22. The Bertz CT molecular complexity index is 292. The first-order valence-corrected chi connectivity index (χ1v) is 7.32. The topological polar surface area (TPSA) is 70.2 Å². The average Bonchev–Trinajstić information content (AvgIpc) is 2.81. The van der Waals surface area contributed by atoms with Gasteiger partial charge in [-0.25, -0.2) is 0 Å². The number of rotatable bonds is 8. The lowest BCUT2D eigenvalue weighted by Gasteiger charge is -2.10. The van der Waals surface area contributed by atoms with Crippen molar-refractivity contribution in [2.75, 3.05) is 26.2 Å². The summed E-state index contributed by atoms with van der Waals surface area (Å²) in [5.74, 6) is 1.11. The van der Waals surface area contributed by atoms with E-state index in [9.17, 15) is 9.59 Å². The molecule has 0 aromatic carbocycles. The first kappa shape index (κ1) is 19.2. The van der Waals surface area contributed by atoms with Crippen LogP contribution in [0.25, 0.3) is 0 Å². The molecule has 5 nitrogen and oxygen atoms in total. The highest BCUT2D eigenvalue weighted by atomic mass is 35.5. The predicted molar refractivity (Wildman–Crippen MR) is 82.9 cm³/mol.